The van der Waals surface area contributed by atoms with Gasteiger partial charge in [-0.25, -0.2) is 0 Å². The van der Waals surface area contributed by atoms with Crippen molar-refractivity contribution in [3.63, 3.8) is 0 Å². The van der Waals surface area contributed by atoms with Crippen molar-refractivity contribution in [2.75, 3.05) is 23.9 Å². The summed E-state index contributed by atoms with van der Waals surface area (Å²) in [6.45, 7) is 0. The van der Waals surface area contributed by atoms with Gasteiger partial charge in [0.2, 0.25) is 0 Å². The fraction of sp³-hybridized carbons (Fsp3) is 0.0476. The Hall–Kier alpha value is -6.80. The van der Waals surface area contributed by atoms with Gasteiger partial charge in [0.1, 0.15) is 0 Å². The van der Waals surface area contributed by atoms with Gasteiger partial charge >= 0.3 is 0 Å². The molecule has 0 saturated heterocycles. The van der Waals surface area contributed by atoms with E-state index in [1.165, 1.54) is 9.80 Å². The smallest absolute Gasteiger partial charge is 0.261 e. The second kappa shape index (κ2) is 12.7. The molecule has 0 radical (unpaired) electrons. The van der Waals surface area contributed by atoms with E-state index in [1.54, 1.807) is 26.5 Å². The monoisotopic (exact) mass is 652 g/mol. The molecule has 4 heterocycles. The van der Waals surface area contributed by atoms with Crippen LogP contribution in [0.25, 0.3) is 11.4 Å². The molecule has 242 valence electrons. The fourth-order valence-electron chi connectivity index (χ4n) is 6.65. The van der Waals surface area contributed by atoms with Crippen LogP contribution in [0, 0.1) is 0 Å². The first-order chi connectivity index (χ1) is 24.5. The van der Waals surface area contributed by atoms with Gasteiger partial charge in [-0.05, 0) is 72.8 Å². The Bertz CT molecular complexity index is 2010. The van der Waals surface area contributed by atoms with Crippen LogP contribution < -0.4 is 9.80 Å². The fourth-order valence-corrected chi connectivity index (χ4v) is 6.65. The van der Waals surface area contributed by atoms with Crippen LogP contribution in [0.1, 0.15) is 11.4 Å². The molecule has 50 heavy (non-hydrogen) atoms. The number of hydrogen-bond acceptors (Lipinski definition) is 6. The molecule has 0 aliphatic carbocycles. The largest absolute Gasteiger partial charge is 0.309 e. The molecule has 4 aromatic carbocycles. The van der Waals surface area contributed by atoms with Crippen LogP contribution in [0.4, 0.5) is 34.1 Å². The van der Waals surface area contributed by atoms with Crippen molar-refractivity contribution >= 4 is 57.3 Å². The topological polar surface area (TPSA) is 72.9 Å². The highest BCUT2D eigenvalue weighted by Gasteiger charge is 2.47. The molecule has 2 aromatic heterocycles. The van der Waals surface area contributed by atoms with Crippen molar-refractivity contribution < 1.29 is 9.59 Å². The lowest BCUT2D eigenvalue weighted by molar-refractivity contribution is -0.123. The average Bonchev–Trinajstić information content (AvgIpc) is 3.58. The first-order valence-electron chi connectivity index (χ1n) is 16.3. The van der Waals surface area contributed by atoms with Gasteiger partial charge in [-0.15, -0.1) is 0 Å². The first-order valence-corrected chi connectivity index (χ1v) is 16.3. The average molecular weight is 653 g/mol. The van der Waals surface area contributed by atoms with Crippen LogP contribution in [0.15, 0.2) is 169 Å². The van der Waals surface area contributed by atoms with E-state index >= 15 is 0 Å². The summed E-state index contributed by atoms with van der Waals surface area (Å²) in [5.41, 5.74) is 8.32. The third kappa shape index (κ3) is 5.20. The molecular weight excluding hydrogens is 621 g/mol. The lowest BCUT2D eigenvalue weighted by Gasteiger charge is -2.25. The lowest BCUT2D eigenvalue weighted by Crippen LogP contribution is -2.25. The number of rotatable bonds is 8. The number of carbonyl (C=O) groups excluding carboxylic acids is 2. The summed E-state index contributed by atoms with van der Waals surface area (Å²) in [6, 6.07) is 47.9. The van der Waals surface area contributed by atoms with Gasteiger partial charge in [0.15, 0.2) is 0 Å². The maximum atomic E-state index is 13.9. The summed E-state index contributed by atoms with van der Waals surface area (Å²) in [5.74, 6) is -0.547. The molecule has 0 saturated carbocycles. The molecule has 0 atom stereocenters. The van der Waals surface area contributed by atoms with E-state index in [0.29, 0.717) is 33.9 Å². The SMILES string of the molecule is CN1C(=O)C2=C(c3ccc(N(c4ccccc4)c4ccccc4)cn3)N(C)C(=O)C2=C1c1ccc(N(c2ccccc2)c2ccccc2)cn1. The zero-order chi connectivity index (χ0) is 34.2. The van der Waals surface area contributed by atoms with Crippen molar-refractivity contribution in [3.8, 4) is 0 Å². The molecule has 8 heteroatoms. The zero-order valence-electron chi connectivity index (χ0n) is 27.5. The van der Waals surface area contributed by atoms with Crippen LogP contribution in [0.3, 0.4) is 0 Å². The van der Waals surface area contributed by atoms with Crippen molar-refractivity contribution in [3.05, 3.63) is 181 Å². The number of anilines is 6. The van der Waals surface area contributed by atoms with E-state index in [9.17, 15) is 9.59 Å². The van der Waals surface area contributed by atoms with Crippen molar-refractivity contribution in [2.45, 2.75) is 0 Å². The number of benzene rings is 4. The predicted octanol–water partition coefficient (Wildman–Crippen LogP) is 8.48. The molecule has 2 aliphatic heterocycles. The molecular formula is C42H32N6O2. The third-order valence-corrected chi connectivity index (χ3v) is 8.99. The van der Waals surface area contributed by atoms with Crippen LogP contribution in [0.5, 0.6) is 0 Å². The maximum Gasteiger partial charge on any atom is 0.261 e. The summed E-state index contributed by atoms with van der Waals surface area (Å²) < 4.78 is 0. The van der Waals surface area contributed by atoms with Gasteiger partial charge in [-0.3, -0.25) is 19.6 Å². The van der Waals surface area contributed by atoms with E-state index in [1.807, 2.05) is 146 Å². The number of hydrogen-bond donors (Lipinski definition) is 0. The third-order valence-electron chi connectivity index (χ3n) is 8.99. The normalized spacial score (nSPS) is 14.0. The summed E-state index contributed by atoms with van der Waals surface area (Å²) in [7, 11) is 3.37. The molecule has 8 rings (SSSR count). The van der Waals surface area contributed by atoms with E-state index in [0.717, 1.165) is 34.1 Å². The lowest BCUT2D eigenvalue weighted by atomic mass is 10.1. The van der Waals surface area contributed by atoms with Crippen molar-refractivity contribution in [1.82, 2.24) is 19.8 Å². The molecule has 2 amide bonds. The highest BCUT2D eigenvalue weighted by atomic mass is 16.2. The second-order valence-corrected chi connectivity index (χ2v) is 12.0. The van der Waals surface area contributed by atoms with Crippen molar-refractivity contribution in [2.24, 2.45) is 0 Å². The quantitative estimate of drug-likeness (QED) is 0.164. The van der Waals surface area contributed by atoms with Gasteiger partial charge in [0.25, 0.3) is 11.8 Å². The minimum atomic E-state index is -0.273. The minimum absolute atomic E-state index is 0.273. The Kier molecular flexibility index (Phi) is 7.73. The molecule has 2 aliphatic rings. The Balaban J connectivity index is 1.17. The van der Waals surface area contributed by atoms with Crippen LogP contribution in [0.2, 0.25) is 0 Å². The Morgan fingerprint density at radius 2 is 0.700 bits per heavy atom. The Morgan fingerprint density at radius 3 is 0.960 bits per heavy atom. The van der Waals surface area contributed by atoms with Crippen LogP contribution in [-0.4, -0.2) is 45.7 Å². The second-order valence-electron chi connectivity index (χ2n) is 12.0. The predicted molar refractivity (Wildman–Crippen MR) is 197 cm³/mol. The summed E-state index contributed by atoms with van der Waals surface area (Å²) in [5, 5.41) is 0. The van der Waals surface area contributed by atoms with E-state index in [4.69, 9.17) is 9.97 Å². The highest BCUT2D eigenvalue weighted by molar-refractivity contribution is 6.29. The van der Waals surface area contributed by atoms with Gasteiger partial charge < -0.3 is 19.6 Å². The number of carbonyl (C=O) groups is 2. The van der Waals surface area contributed by atoms with Crippen LogP contribution in [-0.2, 0) is 9.59 Å². The van der Waals surface area contributed by atoms with E-state index in [2.05, 4.69) is 9.80 Å². The number of nitrogens with zero attached hydrogens (tertiary/aromatic N) is 6. The number of para-hydroxylation sites is 4. The molecule has 0 unspecified atom stereocenters. The molecule has 8 nitrogen and oxygen atoms in total. The highest BCUT2D eigenvalue weighted by Crippen LogP contribution is 2.45. The van der Waals surface area contributed by atoms with Crippen LogP contribution >= 0.6 is 0 Å². The number of pyridine rings is 2. The molecule has 6 aromatic rings. The molecule has 0 bridgehead atoms. The number of amides is 2. The molecule has 0 spiro atoms. The van der Waals surface area contributed by atoms with E-state index < -0.39 is 0 Å². The first kappa shape index (κ1) is 30.5. The zero-order valence-corrected chi connectivity index (χ0v) is 27.5. The minimum Gasteiger partial charge on any atom is -0.309 e. The number of aromatic nitrogens is 2. The number of likely N-dealkylation sites (N-methyl/N-ethyl adjacent to an activating group) is 2. The molecule has 0 fully saturated rings. The van der Waals surface area contributed by atoms with Gasteiger partial charge in [-0.1, -0.05) is 72.8 Å². The van der Waals surface area contributed by atoms with Gasteiger partial charge in [-0.2, -0.15) is 0 Å². The standard InChI is InChI=1S/C42H32N6O2/c1-45-39(35-25-23-33(27-43-35)47(29-15-7-3-8-16-29)30-17-9-4-10-18-30)37-38(41(45)49)40(46(2)42(37)50)36-26-24-34(28-44-36)48(31-19-11-5-12-20-31)32-21-13-6-14-22-32/h3-28H,1-2H3. The van der Waals surface area contributed by atoms with E-state index in [-0.39, 0.29) is 11.8 Å². The molecule has 0 N–H and O–H groups in total. The van der Waals surface area contributed by atoms with Crippen molar-refractivity contribution in [1.29, 1.82) is 0 Å². The van der Waals surface area contributed by atoms with Gasteiger partial charge in [0.05, 0.1) is 57.7 Å². The summed E-state index contributed by atoms with van der Waals surface area (Å²) >= 11 is 0. The Morgan fingerprint density at radius 1 is 0.400 bits per heavy atom. The van der Waals surface area contributed by atoms with Gasteiger partial charge in [0, 0.05) is 36.8 Å². The summed E-state index contributed by atoms with van der Waals surface area (Å²) in [6.07, 6.45) is 3.55. The Labute approximate surface area is 290 Å². The number of fused-ring (bicyclic) bond motifs is 1. The summed E-state index contributed by atoms with van der Waals surface area (Å²) in [4.78, 5) is 44.7. The maximum absolute atomic E-state index is 13.9.